The zero-order chi connectivity index (χ0) is 26.5. The zero-order valence-corrected chi connectivity index (χ0v) is 20.6. The number of alkyl halides is 3. The highest BCUT2D eigenvalue weighted by Gasteiger charge is 2.33. The average Bonchev–Trinajstić information content (AvgIpc) is 3.37. The summed E-state index contributed by atoms with van der Waals surface area (Å²) in [7, 11) is -1.94. The lowest BCUT2D eigenvalue weighted by atomic mass is 10.1. The molecule has 0 saturated heterocycles. The molecule has 0 unspecified atom stereocenters. The standard InChI is InChI=1S/C25H22F3N5O3S/c1-3-37(35,36)31-19-9-6-10-20-21(19)30-23(17-14-32(2)22-16(17)11-12-29-24(22)34)33(20)13-15-7-4-5-8-18(15)25(26,27)28/h4-12,14,31H,3,13H2,1-2H3,(H,29,34). The van der Waals surface area contributed by atoms with Crippen molar-refractivity contribution in [2.24, 2.45) is 7.05 Å². The highest BCUT2D eigenvalue weighted by atomic mass is 32.2. The first-order valence-corrected chi connectivity index (χ1v) is 12.9. The number of fused-ring (bicyclic) bond motifs is 2. The third kappa shape index (κ3) is 4.37. The summed E-state index contributed by atoms with van der Waals surface area (Å²) < 4.78 is 71.9. The number of rotatable bonds is 6. The van der Waals surface area contributed by atoms with Gasteiger partial charge in [-0.25, -0.2) is 18.4 Å². The minimum Gasteiger partial charge on any atom is -0.492 e. The molecule has 0 aliphatic carbocycles. The molecule has 2 N–H and O–H groups in total. The van der Waals surface area contributed by atoms with Crippen molar-refractivity contribution in [3.8, 4) is 17.3 Å². The van der Waals surface area contributed by atoms with Crippen LogP contribution in [0.25, 0.3) is 33.3 Å². The fourth-order valence-electron chi connectivity index (χ4n) is 4.45. The van der Waals surface area contributed by atoms with Gasteiger partial charge in [0.1, 0.15) is 16.9 Å². The summed E-state index contributed by atoms with van der Waals surface area (Å²) in [5, 5.41) is 10.9. The Morgan fingerprint density at radius 2 is 1.84 bits per heavy atom. The summed E-state index contributed by atoms with van der Waals surface area (Å²) in [4.78, 5) is 8.64. The van der Waals surface area contributed by atoms with Crippen molar-refractivity contribution < 1.29 is 26.7 Å². The monoisotopic (exact) mass is 529 g/mol. The maximum atomic E-state index is 13.8. The molecule has 3 heterocycles. The lowest BCUT2D eigenvalue weighted by Crippen LogP contribution is -2.14. The molecular weight excluding hydrogens is 507 g/mol. The first-order valence-electron chi connectivity index (χ1n) is 11.3. The average molecular weight is 530 g/mol. The van der Waals surface area contributed by atoms with Crippen molar-refractivity contribution in [1.29, 1.82) is 0 Å². The molecule has 0 spiro atoms. The summed E-state index contributed by atoms with van der Waals surface area (Å²) in [6.45, 7) is 1.32. The molecule has 5 rings (SSSR count). The van der Waals surface area contributed by atoms with Crippen LogP contribution in [-0.2, 0) is 29.8 Å². The lowest BCUT2D eigenvalue weighted by Gasteiger charge is -2.15. The number of imidazole rings is 1. The van der Waals surface area contributed by atoms with E-state index in [9.17, 15) is 26.7 Å². The van der Waals surface area contributed by atoms with Gasteiger partial charge in [-0.2, -0.15) is 13.2 Å². The van der Waals surface area contributed by atoms with E-state index in [1.54, 1.807) is 46.6 Å². The highest BCUT2D eigenvalue weighted by Crippen LogP contribution is 2.38. The number of aromatic hydroxyl groups is 1. The Bertz CT molecular complexity index is 1760. The first-order chi connectivity index (χ1) is 17.5. The molecule has 192 valence electrons. The molecule has 0 aliphatic rings. The third-order valence-electron chi connectivity index (χ3n) is 6.19. The number of hydrogen-bond acceptors (Lipinski definition) is 5. The number of benzene rings is 2. The number of aromatic nitrogens is 4. The van der Waals surface area contributed by atoms with Gasteiger partial charge in [-0.15, -0.1) is 0 Å². The Morgan fingerprint density at radius 3 is 2.57 bits per heavy atom. The van der Waals surface area contributed by atoms with Gasteiger partial charge in [-0.3, -0.25) is 4.72 Å². The van der Waals surface area contributed by atoms with E-state index in [0.29, 0.717) is 27.8 Å². The number of pyridine rings is 1. The van der Waals surface area contributed by atoms with Crippen LogP contribution in [0.3, 0.4) is 0 Å². The van der Waals surface area contributed by atoms with Crippen molar-refractivity contribution in [3.63, 3.8) is 0 Å². The second-order valence-electron chi connectivity index (χ2n) is 8.54. The van der Waals surface area contributed by atoms with Crippen LogP contribution in [0.15, 0.2) is 60.9 Å². The maximum Gasteiger partial charge on any atom is 0.416 e. The number of nitrogens with zero attached hydrogens (tertiary/aromatic N) is 4. The molecule has 0 atom stereocenters. The minimum absolute atomic E-state index is 0.0276. The van der Waals surface area contributed by atoms with Crippen molar-refractivity contribution >= 4 is 37.6 Å². The number of nitrogens with one attached hydrogen (secondary N) is 1. The molecule has 8 nitrogen and oxygen atoms in total. The number of para-hydroxylation sites is 1. The number of sulfonamides is 1. The molecule has 0 aliphatic heterocycles. The summed E-state index contributed by atoms with van der Waals surface area (Å²) in [6.07, 6.45) is -1.44. The molecule has 0 fully saturated rings. The van der Waals surface area contributed by atoms with Gasteiger partial charge in [0.15, 0.2) is 0 Å². The predicted octanol–water partition coefficient (Wildman–Crippen LogP) is 5.12. The minimum atomic E-state index is -4.56. The number of anilines is 1. The van der Waals surface area contributed by atoms with E-state index in [0.717, 1.165) is 6.07 Å². The van der Waals surface area contributed by atoms with Crippen LogP contribution in [0.2, 0.25) is 0 Å². The SMILES string of the molecule is CCS(=O)(=O)Nc1cccc2c1nc(-c1cn(C)c3c(O)nccc13)n2Cc1ccccc1C(F)(F)F. The molecular formula is C25H22F3N5O3S. The highest BCUT2D eigenvalue weighted by molar-refractivity contribution is 7.92. The molecule has 0 bridgehead atoms. The van der Waals surface area contributed by atoms with E-state index in [2.05, 4.69) is 9.71 Å². The van der Waals surface area contributed by atoms with Gasteiger partial charge in [0, 0.05) is 30.4 Å². The van der Waals surface area contributed by atoms with Gasteiger partial charge in [0.25, 0.3) is 0 Å². The van der Waals surface area contributed by atoms with Crippen LogP contribution in [0.5, 0.6) is 5.88 Å². The van der Waals surface area contributed by atoms with E-state index >= 15 is 0 Å². The van der Waals surface area contributed by atoms with E-state index in [1.807, 2.05) is 0 Å². The maximum absolute atomic E-state index is 13.8. The molecule has 3 aromatic heterocycles. The second-order valence-corrected chi connectivity index (χ2v) is 10.6. The van der Waals surface area contributed by atoms with Gasteiger partial charge in [-0.05, 0) is 36.8 Å². The first kappa shape index (κ1) is 24.6. The van der Waals surface area contributed by atoms with E-state index < -0.39 is 21.8 Å². The third-order valence-corrected chi connectivity index (χ3v) is 7.48. The fourth-order valence-corrected chi connectivity index (χ4v) is 5.10. The molecule has 12 heteroatoms. The number of halogens is 3. The summed E-state index contributed by atoms with van der Waals surface area (Å²) in [5.41, 5.74) is 1.17. The van der Waals surface area contributed by atoms with Gasteiger partial charge >= 0.3 is 6.18 Å². The normalized spacial score (nSPS) is 12.5. The van der Waals surface area contributed by atoms with Crippen molar-refractivity contribution in [1.82, 2.24) is 19.1 Å². The zero-order valence-electron chi connectivity index (χ0n) is 19.8. The quantitative estimate of drug-likeness (QED) is 0.318. The van der Waals surface area contributed by atoms with Crippen molar-refractivity contribution in [2.45, 2.75) is 19.6 Å². The van der Waals surface area contributed by atoms with Crippen LogP contribution in [-0.4, -0.2) is 38.4 Å². The Labute approximate surface area is 210 Å². The predicted molar refractivity (Wildman–Crippen MR) is 135 cm³/mol. The van der Waals surface area contributed by atoms with Gasteiger partial charge < -0.3 is 14.2 Å². The Morgan fingerprint density at radius 1 is 1.08 bits per heavy atom. The van der Waals surface area contributed by atoms with Crippen LogP contribution in [0.1, 0.15) is 18.1 Å². The molecule has 0 saturated carbocycles. The smallest absolute Gasteiger partial charge is 0.416 e. The number of hydrogen-bond donors (Lipinski definition) is 2. The van der Waals surface area contributed by atoms with Crippen LogP contribution >= 0.6 is 0 Å². The van der Waals surface area contributed by atoms with E-state index in [1.165, 1.54) is 31.3 Å². The molecule has 0 radical (unpaired) electrons. The van der Waals surface area contributed by atoms with Crippen molar-refractivity contribution in [2.75, 3.05) is 10.5 Å². The van der Waals surface area contributed by atoms with E-state index in [4.69, 9.17) is 4.98 Å². The van der Waals surface area contributed by atoms with Crippen LogP contribution < -0.4 is 4.72 Å². The Balaban J connectivity index is 1.81. The van der Waals surface area contributed by atoms with Gasteiger partial charge in [0.05, 0.1) is 29.1 Å². The largest absolute Gasteiger partial charge is 0.492 e. The van der Waals surface area contributed by atoms with Gasteiger partial charge in [-0.1, -0.05) is 24.3 Å². The van der Waals surface area contributed by atoms with Crippen LogP contribution in [0, 0.1) is 0 Å². The molecule has 37 heavy (non-hydrogen) atoms. The Hall–Kier alpha value is -4.06. The second kappa shape index (κ2) is 8.80. The molecule has 2 aromatic carbocycles. The summed E-state index contributed by atoms with van der Waals surface area (Å²) in [6, 6.07) is 11.8. The molecule has 0 amide bonds. The summed E-state index contributed by atoms with van der Waals surface area (Å²) >= 11 is 0. The van der Waals surface area contributed by atoms with Crippen molar-refractivity contribution in [3.05, 3.63) is 72.1 Å². The van der Waals surface area contributed by atoms with E-state index in [-0.39, 0.29) is 34.9 Å². The topological polar surface area (TPSA) is 102 Å². The Kier molecular flexibility index (Phi) is 5.86. The molecule has 5 aromatic rings. The fraction of sp³-hybridized carbons (Fsp3) is 0.200. The van der Waals surface area contributed by atoms with Gasteiger partial charge in [0.2, 0.25) is 15.9 Å². The van der Waals surface area contributed by atoms with Crippen LogP contribution in [0.4, 0.5) is 18.9 Å². The summed E-state index contributed by atoms with van der Waals surface area (Å²) in [5.74, 6) is -0.0510. The number of aryl methyl sites for hydroxylation is 1. The lowest BCUT2D eigenvalue weighted by molar-refractivity contribution is -0.138.